The molecule has 4 rings (SSSR count). The minimum absolute atomic E-state index is 0.192. The summed E-state index contributed by atoms with van der Waals surface area (Å²) >= 11 is 0. The first-order chi connectivity index (χ1) is 17.0. The lowest BCUT2D eigenvalue weighted by Gasteiger charge is -2.28. The quantitative estimate of drug-likeness (QED) is 0.486. The van der Waals surface area contributed by atoms with Crippen molar-refractivity contribution in [3.05, 3.63) is 70.0 Å². The summed E-state index contributed by atoms with van der Waals surface area (Å²) in [4.78, 5) is 33.1. The van der Waals surface area contributed by atoms with Gasteiger partial charge in [-0.05, 0) is 56.7 Å². The number of carbonyl (C=O) groups excluding carboxylic acids is 1. The van der Waals surface area contributed by atoms with Crippen LogP contribution in [0, 0.1) is 6.92 Å². The number of nitrogens with one attached hydrogen (secondary N) is 2. The molecule has 1 aliphatic rings. The van der Waals surface area contributed by atoms with Crippen molar-refractivity contribution >= 4 is 22.6 Å². The van der Waals surface area contributed by atoms with Crippen molar-refractivity contribution in [1.29, 1.82) is 0 Å². The highest BCUT2D eigenvalue weighted by Gasteiger charge is 2.18. The zero-order chi connectivity index (χ0) is 24.6. The molecule has 3 aromatic rings. The van der Waals surface area contributed by atoms with Crippen molar-refractivity contribution < 1.29 is 14.3 Å². The lowest BCUT2D eigenvalue weighted by Crippen LogP contribution is -2.40. The standard InChI is InChI=1S/C27H34N4O4/c1-3-35-24-9-10-25-21(18-24)17-22(26(32)29-25)19-31(12-4-11-30-13-15-34-16-14-30)27(33)28-23-7-5-20(2)6-8-23/h5-10,17-18H,3-4,11-16,19H2,1-2H3,(H,28,33)(H,29,32). The Morgan fingerprint density at radius 3 is 2.66 bits per heavy atom. The van der Waals surface area contributed by atoms with Gasteiger partial charge in [0.2, 0.25) is 0 Å². The predicted octanol–water partition coefficient (Wildman–Crippen LogP) is 3.99. The van der Waals surface area contributed by atoms with Gasteiger partial charge >= 0.3 is 6.03 Å². The monoisotopic (exact) mass is 478 g/mol. The summed E-state index contributed by atoms with van der Waals surface area (Å²) in [6.45, 7) is 9.43. The maximum atomic E-state index is 13.2. The van der Waals surface area contributed by atoms with E-state index in [2.05, 4.69) is 15.2 Å². The van der Waals surface area contributed by atoms with Gasteiger partial charge in [-0.3, -0.25) is 9.69 Å². The number of H-pyrrole nitrogens is 1. The molecule has 8 heteroatoms. The van der Waals surface area contributed by atoms with Gasteiger partial charge in [0, 0.05) is 48.3 Å². The number of fused-ring (bicyclic) bond motifs is 1. The van der Waals surface area contributed by atoms with Crippen molar-refractivity contribution in [2.75, 3.05) is 51.3 Å². The second-order valence-corrected chi connectivity index (χ2v) is 8.83. The first-order valence-electron chi connectivity index (χ1n) is 12.2. The van der Waals surface area contributed by atoms with Crippen molar-refractivity contribution in [2.24, 2.45) is 0 Å². The Bertz CT molecular complexity index is 1190. The van der Waals surface area contributed by atoms with E-state index in [4.69, 9.17) is 9.47 Å². The number of morpholine rings is 1. The van der Waals surface area contributed by atoms with Crippen LogP contribution in [0.1, 0.15) is 24.5 Å². The number of aromatic amines is 1. The summed E-state index contributed by atoms with van der Waals surface area (Å²) in [6.07, 6.45) is 0.807. The smallest absolute Gasteiger partial charge is 0.322 e. The molecule has 2 heterocycles. The molecule has 35 heavy (non-hydrogen) atoms. The fraction of sp³-hybridized carbons (Fsp3) is 0.407. The van der Waals surface area contributed by atoms with Crippen LogP contribution in [0.25, 0.3) is 10.9 Å². The van der Waals surface area contributed by atoms with E-state index in [9.17, 15) is 9.59 Å². The molecule has 0 atom stereocenters. The first kappa shape index (κ1) is 24.8. The molecule has 1 fully saturated rings. The number of anilines is 1. The SMILES string of the molecule is CCOc1ccc2[nH]c(=O)c(CN(CCCN3CCOCC3)C(=O)Nc3ccc(C)cc3)cc2c1. The number of ether oxygens (including phenoxy) is 2. The number of pyridine rings is 1. The first-order valence-corrected chi connectivity index (χ1v) is 12.2. The number of benzene rings is 2. The van der Waals surface area contributed by atoms with E-state index in [1.54, 1.807) is 4.90 Å². The number of nitrogens with zero attached hydrogens (tertiary/aromatic N) is 2. The van der Waals surface area contributed by atoms with E-state index in [1.807, 2.05) is 62.4 Å². The summed E-state index contributed by atoms with van der Waals surface area (Å²) in [5, 5.41) is 3.85. The average Bonchev–Trinajstić information content (AvgIpc) is 2.86. The van der Waals surface area contributed by atoms with Crippen LogP contribution < -0.4 is 15.6 Å². The van der Waals surface area contributed by atoms with Gasteiger partial charge in [0.05, 0.1) is 26.4 Å². The van der Waals surface area contributed by atoms with Crippen LogP contribution in [0.3, 0.4) is 0 Å². The Kier molecular flexibility index (Phi) is 8.39. The zero-order valence-corrected chi connectivity index (χ0v) is 20.5. The number of rotatable bonds is 9. The van der Waals surface area contributed by atoms with Gasteiger partial charge in [-0.1, -0.05) is 17.7 Å². The largest absolute Gasteiger partial charge is 0.494 e. The Morgan fingerprint density at radius 1 is 1.14 bits per heavy atom. The lowest BCUT2D eigenvalue weighted by molar-refractivity contribution is 0.0365. The van der Waals surface area contributed by atoms with Gasteiger partial charge in [0.1, 0.15) is 5.75 Å². The zero-order valence-electron chi connectivity index (χ0n) is 20.5. The molecule has 1 aliphatic heterocycles. The summed E-state index contributed by atoms with van der Waals surface area (Å²) in [5.74, 6) is 0.748. The summed E-state index contributed by atoms with van der Waals surface area (Å²) in [7, 11) is 0. The molecule has 8 nitrogen and oxygen atoms in total. The second-order valence-electron chi connectivity index (χ2n) is 8.83. The van der Waals surface area contributed by atoms with E-state index in [0.29, 0.717) is 18.7 Å². The minimum atomic E-state index is -0.224. The maximum absolute atomic E-state index is 13.2. The van der Waals surface area contributed by atoms with Crippen molar-refractivity contribution in [3.8, 4) is 5.75 Å². The number of carbonyl (C=O) groups is 1. The normalized spacial score (nSPS) is 14.1. The van der Waals surface area contributed by atoms with E-state index >= 15 is 0 Å². The van der Waals surface area contributed by atoms with E-state index < -0.39 is 0 Å². The number of urea groups is 1. The Labute approximate surface area is 205 Å². The van der Waals surface area contributed by atoms with Crippen LogP contribution in [0.4, 0.5) is 10.5 Å². The van der Waals surface area contributed by atoms with E-state index in [-0.39, 0.29) is 18.1 Å². The third-order valence-electron chi connectivity index (χ3n) is 6.16. The third kappa shape index (κ3) is 6.83. The highest BCUT2D eigenvalue weighted by Crippen LogP contribution is 2.20. The molecular formula is C27H34N4O4. The molecule has 2 N–H and O–H groups in total. The molecule has 0 spiro atoms. The Hall–Kier alpha value is -3.36. The third-order valence-corrected chi connectivity index (χ3v) is 6.16. The molecule has 1 aromatic heterocycles. The molecule has 0 bridgehead atoms. The average molecular weight is 479 g/mol. The highest BCUT2D eigenvalue weighted by molar-refractivity contribution is 5.89. The Morgan fingerprint density at radius 2 is 1.91 bits per heavy atom. The van der Waals surface area contributed by atoms with Gasteiger partial charge in [0.15, 0.2) is 0 Å². The van der Waals surface area contributed by atoms with Crippen LogP contribution in [0.15, 0.2) is 53.3 Å². The van der Waals surface area contributed by atoms with E-state index in [0.717, 1.165) is 67.2 Å². The molecule has 2 amide bonds. The summed E-state index contributed by atoms with van der Waals surface area (Å²) < 4.78 is 11.0. The number of aromatic nitrogens is 1. The lowest BCUT2D eigenvalue weighted by atomic mass is 10.1. The van der Waals surface area contributed by atoms with Crippen LogP contribution >= 0.6 is 0 Å². The summed E-state index contributed by atoms with van der Waals surface area (Å²) in [6, 6.07) is 14.9. The molecule has 2 aromatic carbocycles. The number of amides is 2. The highest BCUT2D eigenvalue weighted by atomic mass is 16.5. The molecule has 1 saturated heterocycles. The topological polar surface area (TPSA) is 86.9 Å². The molecule has 0 aliphatic carbocycles. The predicted molar refractivity (Wildman–Crippen MR) is 138 cm³/mol. The van der Waals surface area contributed by atoms with Gasteiger partial charge in [0.25, 0.3) is 5.56 Å². The van der Waals surface area contributed by atoms with Crippen molar-refractivity contribution in [2.45, 2.75) is 26.8 Å². The second kappa shape index (κ2) is 11.9. The number of hydrogen-bond donors (Lipinski definition) is 2. The fourth-order valence-corrected chi connectivity index (χ4v) is 4.21. The molecule has 0 radical (unpaired) electrons. The molecule has 0 saturated carbocycles. The van der Waals surface area contributed by atoms with Crippen LogP contribution in [0.2, 0.25) is 0 Å². The molecular weight excluding hydrogens is 444 g/mol. The van der Waals surface area contributed by atoms with Gasteiger partial charge in [-0.25, -0.2) is 4.79 Å². The van der Waals surface area contributed by atoms with Gasteiger partial charge in [-0.2, -0.15) is 0 Å². The Balaban J connectivity index is 1.52. The number of aryl methyl sites for hydroxylation is 1. The van der Waals surface area contributed by atoms with Gasteiger partial charge < -0.3 is 24.7 Å². The van der Waals surface area contributed by atoms with Crippen molar-refractivity contribution in [1.82, 2.24) is 14.8 Å². The van der Waals surface area contributed by atoms with Crippen LogP contribution in [-0.2, 0) is 11.3 Å². The fourth-order valence-electron chi connectivity index (χ4n) is 4.21. The summed E-state index contributed by atoms with van der Waals surface area (Å²) in [5.41, 5.74) is 2.94. The van der Waals surface area contributed by atoms with Crippen molar-refractivity contribution in [3.63, 3.8) is 0 Å². The van der Waals surface area contributed by atoms with Crippen LogP contribution in [-0.4, -0.2) is 66.8 Å². The van der Waals surface area contributed by atoms with Gasteiger partial charge in [-0.15, -0.1) is 0 Å². The van der Waals surface area contributed by atoms with Crippen LogP contribution in [0.5, 0.6) is 5.75 Å². The molecule has 0 unspecified atom stereocenters. The maximum Gasteiger partial charge on any atom is 0.322 e. The number of hydrogen-bond acceptors (Lipinski definition) is 5. The minimum Gasteiger partial charge on any atom is -0.494 e. The molecule has 186 valence electrons. The van der Waals surface area contributed by atoms with E-state index in [1.165, 1.54) is 0 Å².